The summed E-state index contributed by atoms with van der Waals surface area (Å²) in [6.45, 7) is 4.34. The van der Waals surface area contributed by atoms with Gasteiger partial charge < -0.3 is 18.9 Å². The SMILES string of the molecule is CC/C=C\C/C=C\C/C=C\C/C=C\C/C=C\C/C=C\C/C=C\CCCCCCCCCCCCCC(=O)OC(COC(=O)CCCCCCCCCCCCCCCCCCCCC/C=C\C/C=C\CCCCCCC)COP(=O)(O)OCC[N+](C)(C)C. The van der Waals surface area contributed by atoms with Gasteiger partial charge in [0.25, 0.3) is 0 Å². The first kappa shape index (κ1) is 84.7. The van der Waals surface area contributed by atoms with E-state index in [9.17, 15) is 19.0 Å². The monoisotopic (exact) mass is 1250 g/mol. The Morgan fingerprint density at radius 1 is 0.364 bits per heavy atom. The average Bonchev–Trinajstić information content (AvgIpc) is 3.56. The molecular weight excluding hydrogens is 1110 g/mol. The molecule has 9 nitrogen and oxygen atoms in total. The van der Waals surface area contributed by atoms with Crippen molar-refractivity contribution >= 4 is 19.8 Å². The van der Waals surface area contributed by atoms with Gasteiger partial charge in [-0.05, 0) is 103 Å². The van der Waals surface area contributed by atoms with Gasteiger partial charge in [-0.1, -0.05) is 316 Å². The number of allylic oxidation sites excluding steroid dienone is 18. The van der Waals surface area contributed by atoms with Crippen molar-refractivity contribution in [3.8, 4) is 0 Å². The number of quaternary nitrogens is 1. The molecule has 2 unspecified atom stereocenters. The number of hydrogen-bond acceptors (Lipinski definition) is 7. The lowest BCUT2D eigenvalue weighted by Gasteiger charge is -2.24. The number of rotatable bonds is 67. The summed E-state index contributed by atoms with van der Waals surface area (Å²) >= 11 is 0. The number of nitrogens with zero attached hydrogens (tertiary/aromatic N) is 1. The van der Waals surface area contributed by atoms with Gasteiger partial charge in [0.1, 0.15) is 19.8 Å². The number of carbonyl (C=O) groups is 2. The molecule has 0 bridgehead atoms. The molecule has 0 aliphatic carbocycles. The number of carbonyl (C=O) groups excluding carboxylic acids is 2. The van der Waals surface area contributed by atoms with Gasteiger partial charge in [0.05, 0.1) is 27.7 Å². The molecule has 0 saturated heterocycles. The largest absolute Gasteiger partial charge is 0.472 e. The van der Waals surface area contributed by atoms with Crippen LogP contribution in [0.1, 0.15) is 322 Å². The second-order valence-electron chi connectivity index (χ2n) is 25.6. The van der Waals surface area contributed by atoms with Crippen LogP contribution < -0.4 is 0 Å². The van der Waals surface area contributed by atoms with Crippen molar-refractivity contribution < 1.29 is 42.1 Å². The summed E-state index contributed by atoms with van der Waals surface area (Å²) in [5.74, 6) is -0.793. The van der Waals surface area contributed by atoms with Crippen LogP contribution in [0.3, 0.4) is 0 Å². The number of phosphoric ester groups is 1. The third-order valence-corrected chi connectivity index (χ3v) is 16.8. The molecule has 2 atom stereocenters. The highest BCUT2D eigenvalue weighted by molar-refractivity contribution is 7.47. The lowest BCUT2D eigenvalue weighted by Crippen LogP contribution is -2.37. The predicted octanol–water partition coefficient (Wildman–Crippen LogP) is 24.1. The molecular formula is C78H139NO8P+. The molecule has 88 heavy (non-hydrogen) atoms. The number of ether oxygens (including phenoxy) is 2. The Bertz CT molecular complexity index is 1850. The van der Waals surface area contributed by atoms with Crippen molar-refractivity contribution in [1.29, 1.82) is 0 Å². The Morgan fingerprint density at radius 2 is 0.648 bits per heavy atom. The molecule has 0 heterocycles. The fraction of sp³-hybridized carbons (Fsp3) is 0.744. The van der Waals surface area contributed by atoms with Crippen LogP contribution in [0.2, 0.25) is 0 Å². The van der Waals surface area contributed by atoms with Crippen molar-refractivity contribution in [2.45, 2.75) is 328 Å². The second-order valence-corrected chi connectivity index (χ2v) is 27.0. The molecule has 0 aromatic carbocycles. The Kier molecular flexibility index (Phi) is 65.5. The van der Waals surface area contributed by atoms with Crippen LogP contribution in [0, 0.1) is 0 Å². The number of esters is 2. The van der Waals surface area contributed by atoms with Crippen molar-refractivity contribution in [1.82, 2.24) is 0 Å². The number of hydrogen-bond donors (Lipinski definition) is 1. The Hall–Kier alpha value is -3.33. The van der Waals surface area contributed by atoms with Crippen LogP contribution in [-0.4, -0.2) is 74.9 Å². The molecule has 10 heteroatoms. The molecule has 0 aliphatic heterocycles. The van der Waals surface area contributed by atoms with E-state index in [1.807, 2.05) is 21.1 Å². The van der Waals surface area contributed by atoms with E-state index in [0.29, 0.717) is 17.4 Å². The Labute approximate surface area is 544 Å². The van der Waals surface area contributed by atoms with Gasteiger partial charge in [0.2, 0.25) is 0 Å². The minimum atomic E-state index is -4.40. The van der Waals surface area contributed by atoms with Gasteiger partial charge >= 0.3 is 19.8 Å². The highest BCUT2D eigenvalue weighted by atomic mass is 31.2. The van der Waals surface area contributed by atoms with E-state index in [1.165, 1.54) is 193 Å². The fourth-order valence-corrected chi connectivity index (χ4v) is 10.9. The molecule has 0 radical (unpaired) electrons. The zero-order valence-corrected chi connectivity index (χ0v) is 58.8. The van der Waals surface area contributed by atoms with E-state index in [0.717, 1.165) is 96.3 Å². The lowest BCUT2D eigenvalue weighted by molar-refractivity contribution is -0.870. The first-order valence-electron chi connectivity index (χ1n) is 36.6. The van der Waals surface area contributed by atoms with Crippen LogP contribution in [0.25, 0.3) is 0 Å². The number of unbranched alkanes of at least 4 members (excludes halogenated alkanes) is 35. The number of phosphoric acid groups is 1. The first-order chi connectivity index (χ1) is 43.0. The third kappa shape index (κ3) is 71.7. The summed E-state index contributed by atoms with van der Waals surface area (Å²) in [4.78, 5) is 35.9. The van der Waals surface area contributed by atoms with E-state index in [2.05, 4.69) is 123 Å². The van der Waals surface area contributed by atoms with Gasteiger partial charge in [-0.3, -0.25) is 18.6 Å². The summed E-state index contributed by atoms with van der Waals surface area (Å²) < 4.78 is 34.8. The van der Waals surface area contributed by atoms with Gasteiger partial charge in [-0.25, -0.2) is 4.57 Å². The quantitative estimate of drug-likeness (QED) is 0.0211. The molecule has 0 rings (SSSR count). The highest BCUT2D eigenvalue weighted by Crippen LogP contribution is 2.43. The van der Waals surface area contributed by atoms with Crippen LogP contribution >= 0.6 is 7.82 Å². The van der Waals surface area contributed by atoms with Gasteiger partial charge in [0.15, 0.2) is 6.10 Å². The van der Waals surface area contributed by atoms with Gasteiger partial charge in [-0.2, -0.15) is 0 Å². The maximum atomic E-state index is 12.9. The van der Waals surface area contributed by atoms with Crippen LogP contribution in [0.5, 0.6) is 0 Å². The van der Waals surface area contributed by atoms with Gasteiger partial charge in [0, 0.05) is 12.8 Å². The van der Waals surface area contributed by atoms with E-state index in [1.54, 1.807) is 0 Å². The first-order valence-corrected chi connectivity index (χ1v) is 38.1. The molecule has 0 fully saturated rings. The average molecular weight is 1250 g/mol. The molecule has 0 aliphatic rings. The minimum absolute atomic E-state index is 0.0281. The topological polar surface area (TPSA) is 108 Å². The van der Waals surface area contributed by atoms with Crippen molar-refractivity contribution in [3.63, 3.8) is 0 Å². The molecule has 1 N–H and O–H groups in total. The maximum absolute atomic E-state index is 12.9. The fourth-order valence-electron chi connectivity index (χ4n) is 10.2. The normalized spacial score (nSPS) is 13.8. The van der Waals surface area contributed by atoms with E-state index in [4.69, 9.17) is 18.5 Å². The zero-order valence-electron chi connectivity index (χ0n) is 57.9. The third-order valence-electron chi connectivity index (χ3n) is 15.8. The second kappa shape index (κ2) is 68.0. The van der Waals surface area contributed by atoms with E-state index < -0.39 is 26.5 Å². The maximum Gasteiger partial charge on any atom is 0.472 e. The summed E-state index contributed by atoms with van der Waals surface area (Å²) in [6.07, 6.45) is 96.3. The van der Waals surface area contributed by atoms with Gasteiger partial charge in [-0.15, -0.1) is 0 Å². The molecule has 0 saturated carbocycles. The summed E-state index contributed by atoms with van der Waals surface area (Å²) in [5, 5.41) is 0. The van der Waals surface area contributed by atoms with Crippen molar-refractivity contribution in [2.24, 2.45) is 0 Å². The lowest BCUT2D eigenvalue weighted by atomic mass is 10.0. The molecule has 0 aromatic rings. The molecule has 0 spiro atoms. The van der Waals surface area contributed by atoms with Crippen LogP contribution in [0.4, 0.5) is 0 Å². The molecule has 0 amide bonds. The Balaban J connectivity index is 4.04. The molecule has 0 aromatic heterocycles. The minimum Gasteiger partial charge on any atom is -0.462 e. The smallest absolute Gasteiger partial charge is 0.462 e. The standard InChI is InChI=1S/C78H138NO8P/c1-6-8-10-12-14-16-18-20-22-24-26-28-30-32-34-36-38-39-41-43-45-47-49-51-53-55-57-59-61-63-65-67-69-71-78(81)87-76(75-86-88(82,83)85-73-72-79(3,4)5)74-84-77(80)70-68-66-64-62-60-58-56-54-52-50-48-46-44-42-40-37-35-33-31-29-27-25-23-21-19-17-15-13-11-9-7-2/h8,10,14,16,19-22,25-28,32,34,38-39,43,45,76H,6-7,9,11-13,15,17-18,23-24,29-31,33,35-37,40-42,44,46-75H2,1-5H3/p+1/b10-8-,16-14-,21-19-,22-20-,27-25-,28-26-,34-32-,39-38-,45-43-. The van der Waals surface area contributed by atoms with Crippen molar-refractivity contribution in [2.75, 3.05) is 47.5 Å². The summed E-state index contributed by atoms with van der Waals surface area (Å²) in [7, 11) is 1.48. The number of likely N-dealkylation sites (N-methyl/N-ethyl adjacent to an activating group) is 1. The van der Waals surface area contributed by atoms with Crippen molar-refractivity contribution in [3.05, 3.63) is 109 Å². The summed E-state index contributed by atoms with van der Waals surface area (Å²) in [5.41, 5.74) is 0. The van der Waals surface area contributed by atoms with E-state index >= 15 is 0 Å². The zero-order chi connectivity index (χ0) is 64.1. The van der Waals surface area contributed by atoms with Crippen LogP contribution in [0.15, 0.2) is 109 Å². The molecule has 508 valence electrons. The predicted molar refractivity (Wildman–Crippen MR) is 381 cm³/mol. The highest BCUT2D eigenvalue weighted by Gasteiger charge is 2.27. The van der Waals surface area contributed by atoms with Crippen LogP contribution in [-0.2, 0) is 32.7 Å². The van der Waals surface area contributed by atoms with E-state index in [-0.39, 0.29) is 32.0 Å². The Morgan fingerprint density at radius 3 is 0.966 bits per heavy atom. The summed E-state index contributed by atoms with van der Waals surface area (Å²) in [6, 6.07) is 0.